The van der Waals surface area contributed by atoms with E-state index in [0.29, 0.717) is 53.6 Å². The number of halogens is 1. The normalized spacial score (nSPS) is 14.2. The van der Waals surface area contributed by atoms with Crippen LogP contribution in [0.3, 0.4) is 0 Å². The fourth-order valence-corrected chi connectivity index (χ4v) is 6.31. The maximum atomic E-state index is 14.6. The number of pyridine rings is 1. The summed E-state index contributed by atoms with van der Waals surface area (Å²) in [5, 5.41) is 21.2. The number of hydrogen-bond donors (Lipinski definition) is 6. The summed E-state index contributed by atoms with van der Waals surface area (Å²) in [6.07, 6.45) is 6.16. The molecule has 7 N–H and O–H groups in total. The van der Waals surface area contributed by atoms with E-state index in [1.54, 1.807) is 6.07 Å². The second-order valence-corrected chi connectivity index (χ2v) is 13.7. The van der Waals surface area contributed by atoms with Gasteiger partial charge >= 0.3 is 11.7 Å². The number of aromatic carboxylic acids is 1. The minimum Gasteiger partial charge on any atom is -0.477 e. The minimum atomic E-state index is -1.28. The van der Waals surface area contributed by atoms with Gasteiger partial charge in [-0.3, -0.25) is 33.1 Å². The molecule has 5 aromatic heterocycles. The zero-order valence-electron chi connectivity index (χ0n) is 31.0. The van der Waals surface area contributed by atoms with Crippen LogP contribution in [0.1, 0.15) is 43.1 Å². The third-order valence-electron chi connectivity index (χ3n) is 9.15. The van der Waals surface area contributed by atoms with Gasteiger partial charge < -0.3 is 40.5 Å². The number of fused-ring (bicyclic) bond motifs is 3. The molecular weight excluding hydrogens is 735 g/mol. The molecule has 0 spiro atoms. The molecule has 0 unspecified atom stereocenters. The predicted octanol–water partition coefficient (Wildman–Crippen LogP) is 0.331. The fourth-order valence-electron chi connectivity index (χ4n) is 6.31. The van der Waals surface area contributed by atoms with Gasteiger partial charge in [-0.25, -0.2) is 23.9 Å². The number of hydrogen-bond acceptors (Lipinski definition) is 13. The first kappa shape index (κ1) is 39.5. The number of carbonyl (C=O) groups is 1. The van der Waals surface area contributed by atoms with Crippen LogP contribution in [0, 0.1) is 11.7 Å². The third kappa shape index (κ3) is 8.23. The number of aromatic nitrogens is 9. The van der Waals surface area contributed by atoms with E-state index in [2.05, 4.69) is 30.2 Å². The van der Waals surface area contributed by atoms with Gasteiger partial charge in [0.1, 0.15) is 23.6 Å². The number of imidazole rings is 2. The van der Waals surface area contributed by atoms with Crippen molar-refractivity contribution in [2.45, 2.75) is 46.0 Å². The molecule has 21 heteroatoms. The Morgan fingerprint density at radius 3 is 2.50 bits per heavy atom. The summed E-state index contributed by atoms with van der Waals surface area (Å²) in [6, 6.07) is 3.08. The second kappa shape index (κ2) is 16.7. The number of nitrogens with zero attached hydrogens (tertiary/aromatic N) is 8. The van der Waals surface area contributed by atoms with E-state index in [1.165, 1.54) is 41.1 Å². The molecule has 298 valence electrons. The highest BCUT2D eigenvalue weighted by molar-refractivity contribution is 5.93. The monoisotopic (exact) mass is 778 g/mol. The molecule has 1 aliphatic heterocycles. The average Bonchev–Trinajstić information content (AvgIpc) is 3.75. The maximum Gasteiger partial charge on any atom is 0.341 e. The number of nitrogen functional groups attached to an aromatic ring is 1. The quantitative estimate of drug-likeness (QED) is 0.108. The molecule has 0 atom stereocenters. The zero-order chi connectivity index (χ0) is 40.3. The standard InChI is InChI=1S/C17H18FN3O3.C10H14N4O2.C8H11N5O3/c18-13-7-11-14(8-15(13)20-5-3-19-4-6-20)21(10-1-2-10)9-12(16(11)22)17(23)24;1-6(2)4-14-8-7(11-5-12-8)9(15)13(3)10(14)16;9-8-11-6-5(7(15)12-8)10-3-13(6)4-16-2-1-14/h7-10,19H,1-6H2,(H,23,24);5-6H,4H2,1-3H3,(H,11,12);3,14H,1-2,4H2,(H3,9,11,12,15). The van der Waals surface area contributed by atoms with Crippen LogP contribution in [0.5, 0.6) is 0 Å². The van der Waals surface area contributed by atoms with Crippen molar-refractivity contribution in [1.82, 2.24) is 48.5 Å². The predicted molar refractivity (Wildman–Crippen MR) is 205 cm³/mol. The highest BCUT2D eigenvalue weighted by Crippen LogP contribution is 2.38. The van der Waals surface area contributed by atoms with Crippen molar-refractivity contribution in [1.29, 1.82) is 0 Å². The molecule has 1 aliphatic carbocycles. The summed E-state index contributed by atoms with van der Waals surface area (Å²) in [5.74, 6) is -1.41. The van der Waals surface area contributed by atoms with Gasteiger partial charge in [-0.1, -0.05) is 13.8 Å². The van der Waals surface area contributed by atoms with Crippen LogP contribution in [-0.2, 0) is 25.1 Å². The Hall–Kier alpha value is -6.19. The SMILES string of the molecule is CC(C)Cn1c(=O)n(C)c(=O)c2[nH]cnc21.Nc1nc2c(ncn2COCCO)c(=O)[nH]1.O=C(O)c1cn(C2CC2)c2cc(N3CCNCC3)c(F)cc2c1=O. The topological polar surface area (TPSA) is 266 Å². The molecule has 2 fully saturated rings. The second-order valence-electron chi connectivity index (χ2n) is 13.7. The molecule has 6 aromatic rings. The van der Waals surface area contributed by atoms with Crippen molar-refractivity contribution in [3.05, 3.63) is 83.8 Å². The summed E-state index contributed by atoms with van der Waals surface area (Å²) in [7, 11) is 1.47. The van der Waals surface area contributed by atoms with E-state index in [4.69, 9.17) is 15.6 Å². The molecule has 8 rings (SSSR count). The number of H-pyrrole nitrogens is 2. The summed E-state index contributed by atoms with van der Waals surface area (Å²) in [6.45, 7) is 7.83. The van der Waals surface area contributed by atoms with Gasteiger partial charge in [0.25, 0.3) is 11.1 Å². The molecule has 0 bridgehead atoms. The first-order valence-electron chi connectivity index (χ1n) is 17.9. The number of anilines is 2. The Labute approximate surface area is 316 Å². The van der Waals surface area contributed by atoms with Crippen LogP contribution in [0.4, 0.5) is 16.0 Å². The molecule has 0 radical (unpaired) electrons. The Bertz CT molecular complexity index is 2630. The lowest BCUT2D eigenvalue weighted by Gasteiger charge is -2.30. The van der Waals surface area contributed by atoms with Crippen molar-refractivity contribution >= 4 is 50.8 Å². The molecular formula is C35H43FN12O8. The lowest BCUT2D eigenvalue weighted by Crippen LogP contribution is -2.43. The molecule has 56 heavy (non-hydrogen) atoms. The Morgan fingerprint density at radius 2 is 1.84 bits per heavy atom. The summed E-state index contributed by atoms with van der Waals surface area (Å²) in [4.78, 5) is 77.8. The number of piperazine rings is 1. The van der Waals surface area contributed by atoms with Crippen LogP contribution in [0.25, 0.3) is 33.2 Å². The Morgan fingerprint density at radius 1 is 1.11 bits per heavy atom. The highest BCUT2D eigenvalue weighted by atomic mass is 19.1. The molecule has 2 aliphatic rings. The largest absolute Gasteiger partial charge is 0.477 e. The first-order chi connectivity index (χ1) is 26.8. The van der Waals surface area contributed by atoms with Crippen molar-refractivity contribution in [3.63, 3.8) is 0 Å². The number of nitrogens with two attached hydrogens (primary N) is 1. The van der Waals surface area contributed by atoms with E-state index >= 15 is 0 Å². The van der Waals surface area contributed by atoms with Gasteiger partial charge in [0, 0.05) is 57.4 Å². The molecule has 20 nitrogen and oxygen atoms in total. The van der Waals surface area contributed by atoms with Crippen molar-refractivity contribution in [3.8, 4) is 0 Å². The van der Waals surface area contributed by atoms with Crippen molar-refractivity contribution in [2.24, 2.45) is 13.0 Å². The zero-order valence-corrected chi connectivity index (χ0v) is 31.0. The molecule has 6 heterocycles. The molecule has 1 aromatic carbocycles. The summed E-state index contributed by atoms with van der Waals surface area (Å²) in [5.41, 5.74) is 5.92. The number of benzene rings is 1. The van der Waals surface area contributed by atoms with E-state index in [1.807, 2.05) is 23.3 Å². The number of carboxylic acids is 1. The first-order valence-corrected chi connectivity index (χ1v) is 17.9. The van der Waals surface area contributed by atoms with Crippen molar-refractivity contribution < 1.29 is 24.1 Å². The van der Waals surface area contributed by atoms with Gasteiger partial charge in [-0.05, 0) is 30.9 Å². The van der Waals surface area contributed by atoms with Crippen LogP contribution in [-0.4, -0.2) is 98.8 Å². The molecule has 1 saturated heterocycles. The molecule has 1 saturated carbocycles. The van der Waals surface area contributed by atoms with Crippen LogP contribution >= 0.6 is 0 Å². The number of aromatic amines is 2. The van der Waals surface area contributed by atoms with Gasteiger partial charge in [0.15, 0.2) is 16.8 Å². The van der Waals surface area contributed by atoms with E-state index < -0.39 is 17.2 Å². The summed E-state index contributed by atoms with van der Waals surface area (Å²) >= 11 is 0. The minimum absolute atomic E-state index is 0.0291. The lowest BCUT2D eigenvalue weighted by atomic mass is 10.1. The number of aliphatic hydroxyl groups is 1. The number of carboxylic acid groups (broad SMARTS) is 1. The number of aliphatic hydroxyl groups excluding tert-OH is 1. The smallest absolute Gasteiger partial charge is 0.341 e. The number of ether oxygens (including phenoxy) is 1. The maximum absolute atomic E-state index is 14.6. The third-order valence-corrected chi connectivity index (χ3v) is 9.15. The number of nitrogens with one attached hydrogen (secondary N) is 3. The average molecular weight is 779 g/mol. The fraction of sp³-hybridized carbons (Fsp3) is 0.429. The summed E-state index contributed by atoms with van der Waals surface area (Å²) < 4.78 is 25.7. The molecule has 0 amide bonds. The van der Waals surface area contributed by atoms with E-state index in [-0.39, 0.29) is 65.2 Å². The van der Waals surface area contributed by atoms with E-state index in [0.717, 1.165) is 30.5 Å². The Balaban J connectivity index is 0.000000148. The van der Waals surface area contributed by atoms with Gasteiger partial charge in [0.05, 0.1) is 37.1 Å². The van der Waals surface area contributed by atoms with Crippen LogP contribution in [0.15, 0.2) is 50.2 Å². The van der Waals surface area contributed by atoms with Crippen molar-refractivity contribution in [2.75, 3.05) is 50.0 Å². The Kier molecular flexibility index (Phi) is 11.8. The van der Waals surface area contributed by atoms with E-state index in [9.17, 15) is 33.5 Å². The van der Waals surface area contributed by atoms with Gasteiger partial charge in [0.2, 0.25) is 11.4 Å². The number of rotatable bonds is 9. The van der Waals surface area contributed by atoms with Crippen LogP contribution in [0.2, 0.25) is 0 Å². The highest BCUT2D eigenvalue weighted by Gasteiger charge is 2.28. The van der Waals surface area contributed by atoms with Crippen LogP contribution < -0.4 is 38.2 Å². The lowest BCUT2D eigenvalue weighted by molar-refractivity contribution is 0.0499. The van der Waals surface area contributed by atoms with Gasteiger partial charge in [-0.2, -0.15) is 4.98 Å². The van der Waals surface area contributed by atoms with Gasteiger partial charge in [-0.15, -0.1) is 0 Å².